The fourth-order valence-corrected chi connectivity index (χ4v) is 2.31. The number of sulfonamides is 1. The van der Waals surface area contributed by atoms with Gasteiger partial charge in [-0.2, -0.15) is 9.98 Å². The van der Waals surface area contributed by atoms with Crippen LogP contribution in [0, 0.1) is 11.3 Å². The number of nitriles is 1. The minimum Gasteiger partial charge on any atom is -0.480 e. The molecule has 0 saturated carbocycles. The van der Waals surface area contributed by atoms with Gasteiger partial charge >= 0.3 is 5.97 Å². The van der Waals surface area contributed by atoms with Gasteiger partial charge in [0.05, 0.1) is 11.0 Å². The van der Waals surface area contributed by atoms with E-state index >= 15 is 0 Å². The number of carboxylic acids is 1. The second kappa shape index (κ2) is 6.44. The van der Waals surface area contributed by atoms with Gasteiger partial charge in [0.25, 0.3) is 0 Å². The standard InChI is InChI=1S/C11H12N2O6S/c12-5-9(14)11(17)7-1-3-8(4-2-7)20(18,19)13-6-10(15)16/h1-4,9,11,13-14,17H,6H2,(H,15,16). The quantitative estimate of drug-likeness (QED) is 0.491. The van der Waals surface area contributed by atoms with Crippen molar-refractivity contribution >= 4 is 16.0 Å². The van der Waals surface area contributed by atoms with E-state index in [2.05, 4.69) is 0 Å². The summed E-state index contributed by atoms with van der Waals surface area (Å²) in [7, 11) is -3.96. The van der Waals surface area contributed by atoms with Crippen molar-refractivity contribution in [3.8, 4) is 6.07 Å². The molecule has 0 bridgehead atoms. The number of rotatable bonds is 6. The maximum atomic E-state index is 11.7. The van der Waals surface area contributed by atoms with E-state index in [9.17, 15) is 18.3 Å². The van der Waals surface area contributed by atoms with Crippen LogP contribution >= 0.6 is 0 Å². The van der Waals surface area contributed by atoms with Gasteiger partial charge in [-0.15, -0.1) is 0 Å². The van der Waals surface area contributed by atoms with Gasteiger partial charge in [-0.05, 0) is 17.7 Å². The summed E-state index contributed by atoms with van der Waals surface area (Å²) < 4.78 is 25.2. The largest absolute Gasteiger partial charge is 0.480 e. The van der Waals surface area contributed by atoms with Crippen molar-refractivity contribution in [2.24, 2.45) is 0 Å². The summed E-state index contributed by atoms with van der Waals surface area (Å²) in [4.78, 5) is 10.1. The Kier molecular flexibility index (Phi) is 5.18. The molecule has 2 atom stereocenters. The predicted molar refractivity (Wildman–Crippen MR) is 65.8 cm³/mol. The third kappa shape index (κ3) is 4.01. The van der Waals surface area contributed by atoms with Crippen molar-refractivity contribution in [2.45, 2.75) is 17.1 Å². The molecule has 0 saturated heterocycles. The fourth-order valence-electron chi connectivity index (χ4n) is 1.34. The second-order valence-electron chi connectivity index (χ2n) is 3.81. The van der Waals surface area contributed by atoms with E-state index in [-0.39, 0.29) is 10.5 Å². The zero-order valence-corrected chi connectivity index (χ0v) is 10.9. The van der Waals surface area contributed by atoms with Gasteiger partial charge in [0.2, 0.25) is 10.0 Å². The van der Waals surface area contributed by atoms with Crippen LogP contribution < -0.4 is 4.72 Å². The van der Waals surface area contributed by atoms with Gasteiger partial charge in [-0.25, -0.2) is 8.42 Å². The summed E-state index contributed by atoms with van der Waals surface area (Å²) >= 11 is 0. The molecule has 1 aromatic rings. The third-order valence-corrected chi connectivity index (χ3v) is 3.79. The lowest BCUT2D eigenvalue weighted by molar-refractivity contribution is -0.135. The number of carboxylic acid groups (broad SMARTS) is 1. The summed E-state index contributed by atoms with van der Waals surface area (Å²) in [6.45, 7) is -0.750. The van der Waals surface area contributed by atoms with Crippen molar-refractivity contribution in [2.75, 3.05) is 6.54 Å². The average Bonchev–Trinajstić information content (AvgIpc) is 2.43. The molecule has 0 fully saturated rings. The molecule has 1 aromatic carbocycles. The first kappa shape index (κ1) is 16.1. The maximum Gasteiger partial charge on any atom is 0.318 e. The molecule has 0 heterocycles. The lowest BCUT2D eigenvalue weighted by atomic mass is 10.1. The molecule has 2 unspecified atom stereocenters. The lowest BCUT2D eigenvalue weighted by Gasteiger charge is -2.12. The molecular weight excluding hydrogens is 288 g/mol. The summed E-state index contributed by atoms with van der Waals surface area (Å²) in [6, 6.07) is 6.16. The maximum absolute atomic E-state index is 11.7. The summed E-state index contributed by atoms with van der Waals surface area (Å²) in [5.74, 6) is -1.32. The zero-order valence-electron chi connectivity index (χ0n) is 10.1. The Morgan fingerprint density at radius 1 is 1.30 bits per heavy atom. The smallest absolute Gasteiger partial charge is 0.318 e. The Labute approximate surface area is 115 Å². The minimum atomic E-state index is -3.96. The van der Waals surface area contributed by atoms with Gasteiger partial charge < -0.3 is 15.3 Å². The van der Waals surface area contributed by atoms with Gasteiger partial charge in [0, 0.05) is 0 Å². The van der Waals surface area contributed by atoms with Crippen LogP contribution in [0.2, 0.25) is 0 Å². The van der Waals surface area contributed by atoms with Gasteiger partial charge in [0.15, 0.2) is 6.10 Å². The van der Waals surface area contributed by atoms with Gasteiger partial charge in [-0.3, -0.25) is 4.79 Å². The molecule has 0 amide bonds. The molecule has 0 aromatic heterocycles. The van der Waals surface area contributed by atoms with E-state index in [1.165, 1.54) is 18.2 Å². The van der Waals surface area contributed by atoms with Crippen molar-refractivity contribution in [3.05, 3.63) is 29.8 Å². The third-order valence-electron chi connectivity index (χ3n) is 2.38. The van der Waals surface area contributed by atoms with Gasteiger partial charge in [-0.1, -0.05) is 12.1 Å². The molecule has 8 nitrogen and oxygen atoms in total. The molecule has 0 aliphatic carbocycles. The molecule has 0 aliphatic rings. The van der Waals surface area contributed by atoms with E-state index in [4.69, 9.17) is 15.5 Å². The average molecular weight is 300 g/mol. The number of aliphatic carboxylic acids is 1. The minimum absolute atomic E-state index is 0.163. The molecular formula is C11H12N2O6S. The lowest BCUT2D eigenvalue weighted by Crippen LogP contribution is -2.29. The van der Waals surface area contributed by atoms with Crippen LogP contribution in [0.3, 0.4) is 0 Å². The zero-order chi connectivity index (χ0) is 15.3. The predicted octanol–water partition coefficient (Wildman–Crippen LogP) is -1.03. The van der Waals surface area contributed by atoms with Crippen molar-refractivity contribution in [1.82, 2.24) is 4.72 Å². The molecule has 1 rings (SSSR count). The van der Waals surface area contributed by atoms with E-state index in [1.54, 1.807) is 0 Å². The van der Waals surface area contributed by atoms with E-state index in [1.807, 2.05) is 4.72 Å². The van der Waals surface area contributed by atoms with Crippen LogP contribution in [-0.2, 0) is 14.8 Å². The van der Waals surface area contributed by atoms with E-state index < -0.39 is 34.7 Å². The van der Waals surface area contributed by atoms with Crippen molar-refractivity contribution in [1.29, 1.82) is 5.26 Å². The SMILES string of the molecule is N#CC(O)C(O)c1ccc(S(=O)(=O)NCC(=O)O)cc1. The van der Waals surface area contributed by atoms with Crippen LogP contribution in [-0.4, -0.2) is 42.4 Å². The summed E-state index contributed by atoms with van der Waals surface area (Å²) in [5.41, 5.74) is 0.163. The number of benzene rings is 1. The molecule has 108 valence electrons. The van der Waals surface area contributed by atoms with Crippen LogP contribution in [0.5, 0.6) is 0 Å². The number of carbonyl (C=O) groups is 1. The number of nitrogens with one attached hydrogen (secondary N) is 1. The number of hydrogen-bond acceptors (Lipinski definition) is 6. The van der Waals surface area contributed by atoms with Crippen LogP contribution in [0.25, 0.3) is 0 Å². The first-order chi connectivity index (χ1) is 9.27. The highest BCUT2D eigenvalue weighted by molar-refractivity contribution is 7.89. The Morgan fingerprint density at radius 2 is 1.85 bits per heavy atom. The second-order valence-corrected chi connectivity index (χ2v) is 5.57. The number of aliphatic hydroxyl groups excluding tert-OH is 2. The Hall–Kier alpha value is -1.99. The van der Waals surface area contributed by atoms with Gasteiger partial charge in [0.1, 0.15) is 12.6 Å². The van der Waals surface area contributed by atoms with Crippen LogP contribution in [0.15, 0.2) is 29.2 Å². The fraction of sp³-hybridized carbons (Fsp3) is 0.273. The number of hydrogen-bond donors (Lipinski definition) is 4. The normalized spacial score (nSPS) is 14.2. The number of aliphatic hydroxyl groups is 2. The number of nitrogens with zero attached hydrogens (tertiary/aromatic N) is 1. The monoisotopic (exact) mass is 300 g/mol. The highest BCUT2D eigenvalue weighted by Crippen LogP contribution is 2.19. The summed E-state index contributed by atoms with van der Waals surface area (Å²) in [6.07, 6.45) is -3.08. The van der Waals surface area contributed by atoms with Crippen LogP contribution in [0.4, 0.5) is 0 Å². The first-order valence-corrected chi connectivity index (χ1v) is 6.83. The van der Waals surface area contributed by atoms with Crippen molar-refractivity contribution in [3.63, 3.8) is 0 Å². The highest BCUT2D eigenvalue weighted by Gasteiger charge is 2.19. The Balaban J connectivity index is 2.91. The topological polar surface area (TPSA) is 148 Å². The molecule has 0 spiro atoms. The van der Waals surface area contributed by atoms with E-state index in [0.717, 1.165) is 12.1 Å². The summed E-state index contributed by atoms with van der Waals surface area (Å²) in [5, 5.41) is 35.6. The molecule has 0 radical (unpaired) electrons. The van der Waals surface area contributed by atoms with E-state index in [0.29, 0.717) is 0 Å². The Bertz CT molecular complexity index is 619. The Morgan fingerprint density at radius 3 is 2.30 bits per heavy atom. The molecule has 0 aliphatic heterocycles. The van der Waals surface area contributed by atoms with Crippen LogP contribution in [0.1, 0.15) is 11.7 Å². The highest BCUT2D eigenvalue weighted by atomic mass is 32.2. The molecule has 9 heteroatoms. The molecule has 4 N–H and O–H groups in total. The van der Waals surface area contributed by atoms with Crippen molar-refractivity contribution < 1.29 is 28.5 Å². The molecule has 20 heavy (non-hydrogen) atoms. The first-order valence-electron chi connectivity index (χ1n) is 5.35.